The normalized spacial score (nSPS) is 9.56. The molecule has 2 radical (unpaired) electrons. The first-order chi connectivity index (χ1) is 20.0. The van der Waals surface area contributed by atoms with E-state index in [-0.39, 0.29) is 26.2 Å². The van der Waals surface area contributed by atoms with Gasteiger partial charge in [-0.2, -0.15) is 0 Å². The molecular formula is C30H51BiO12. The number of carboxylic acid groups (broad SMARTS) is 3. The van der Waals surface area contributed by atoms with E-state index in [0.717, 1.165) is 77.0 Å². The molecule has 43 heavy (non-hydrogen) atoms. The van der Waals surface area contributed by atoms with Crippen molar-refractivity contribution < 1.29 is 58.3 Å². The standard InChI is InChI=1S/3C10H18O4.Bi/c3*1-2-3-4-5-6-7-10(13)14-8-9(11)12;/h3*2-8H2,1H3,(H,11,12);/q;;;+3/p-3. The minimum atomic E-state index is -1.36. The first-order valence-corrected chi connectivity index (χ1v) is 15.1. The average Bonchev–Trinajstić information content (AvgIpc) is 2.94. The molecule has 0 rings (SSSR count). The Balaban J connectivity index is -0.000000262. The van der Waals surface area contributed by atoms with Crippen LogP contribution < -0.4 is 15.3 Å². The van der Waals surface area contributed by atoms with Gasteiger partial charge in [0.25, 0.3) is 0 Å². The number of carboxylic acids is 3. The largest absolute Gasteiger partial charge is 3.00 e. The van der Waals surface area contributed by atoms with Gasteiger partial charge in [0, 0.05) is 19.3 Å². The molecule has 0 aliphatic carbocycles. The minimum Gasteiger partial charge on any atom is -0.546 e. The quantitative estimate of drug-likeness (QED) is 0.0591. The molecule has 0 bridgehead atoms. The minimum absolute atomic E-state index is 0. The number of ether oxygens (including phenoxy) is 3. The van der Waals surface area contributed by atoms with Crippen LogP contribution in [0.25, 0.3) is 0 Å². The van der Waals surface area contributed by atoms with Crippen molar-refractivity contribution in [3.05, 3.63) is 0 Å². The summed E-state index contributed by atoms with van der Waals surface area (Å²) < 4.78 is 13.2. The van der Waals surface area contributed by atoms with Crippen LogP contribution in [0.2, 0.25) is 0 Å². The van der Waals surface area contributed by atoms with Crippen LogP contribution in [0.3, 0.4) is 0 Å². The van der Waals surface area contributed by atoms with E-state index in [4.69, 9.17) is 0 Å². The summed E-state index contributed by atoms with van der Waals surface area (Å²) in [4.78, 5) is 62.4. The molecule has 0 aromatic carbocycles. The van der Waals surface area contributed by atoms with Crippen molar-refractivity contribution in [1.82, 2.24) is 0 Å². The SMILES string of the molecule is CCCCCCCC(=O)OCC(=O)[O-].CCCCCCCC(=O)OCC(=O)[O-].CCCCCCCC(=O)OCC(=O)[O-].[Bi+3]. The van der Waals surface area contributed by atoms with E-state index in [1.807, 2.05) is 0 Å². The molecule has 0 aromatic heterocycles. The molecule has 13 heteroatoms. The van der Waals surface area contributed by atoms with Crippen molar-refractivity contribution in [2.75, 3.05) is 19.8 Å². The number of esters is 3. The smallest absolute Gasteiger partial charge is 0.546 e. The summed E-state index contributed by atoms with van der Waals surface area (Å²) in [6.07, 6.45) is 16.6. The fourth-order valence-electron chi connectivity index (χ4n) is 3.25. The second-order valence-electron chi connectivity index (χ2n) is 9.59. The summed E-state index contributed by atoms with van der Waals surface area (Å²) in [5, 5.41) is 29.8. The first kappa shape index (κ1) is 47.6. The second-order valence-corrected chi connectivity index (χ2v) is 9.59. The van der Waals surface area contributed by atoms with Crippen LogP contribution >= 0.6 is 0 Å². The Morgan fingerprint density at radius 3 is 0.791 bits per heavy atom. The Morgan fingerprint density at radius 1 is 0.395 bits per heavy atom. The van der Waals surface area contributed by atoms with Crippen molar-refractivity contribution in [2.45, 2.75) is 136 Å². The van der Waals surface area contributed by atoms with Crippen molar-refractivity contribution in [3.8, 4) is 0 Å². The Labute approximate surface area is 275 Å². The number of rotatable bonds is 24. The number of hydrogen-bond acceptors (Lipinski definition) is 12. The Hall–Kier alpha value is -2.30. The first-order valence-electron chi connectivity index (χ1n) is 15.1. The van der Waals surface area contributed by atoms with Gasteiger partial charge in [0.1, 0.15) is 19.8 Å². The third-order valence-corrected chi connectivity index (χ3v) is 5.51. The van der Waals surface area contributed by atoms with Crippen molar-refractivity contribution in [1.29, 1.82) is 0 Å². The van der Waals surface area contributed by atoms with E-state index in [1.165, 1.54) is 19.3 Å². The van der Waals surface area contributed by atoms with Crippen LogP contribution in [0.4, 0.5) is 0 Å². The number of carbonyl (C=O) groups is 6. The van der Waals surface area contributed by atoms with E-state index in [1.54, 1.807) is 0 Å². The van der Waals surface area contributed by atoms with Gasteiger partial charge in [-0.05, 0) is 19.3 Å². The van der Waals surface area contributed by atoms with Crippen molar-refractivity contribution in [3.63, 3.8) is 0 Å². The Bertz CT molecular complexity index is 633. The third kappa shape index (κ3) is 49.7. The van der Waals surface area contributed by atoms with E-state index in [0.29, 0.717) is 19.3 Å². The molecule has 0 aromatic rings. The second kappa shape index (κ2) is 37.7. The number of aliphatic carboxylic acids is 3. The van der Waals surface area contributed by atoms with Gasteiger partial charge < -0.3 is 43.9 Å². The molecule has 0 N–H and O–H groups in total. The van der Waals surface area contributed by atoms with Gasteiger partial charge in [-0.15, -0.1) is 0 Å². The number of unbranched alkanes of at least 4 members (excludes halogenated alkanes) is 12. The molecule has 0 saturated carbocycles. The molecule has 0 amide bonds. The van der Waals surface area contributed by atoms with Gasteiger partial charge in [0.15, 0.2) is 0 Å². The maximum atomic E-state index is 10.9. The molecule has 0 atom stereocenters. The van der Waals surface area contributed by atoms with Crippen LogP contribution in [0.1, 0.15) is 136 Å². The van der Waals surface area contributed by atoms with E-state index in [9.17, 15) is 44.1 Å². The summed E-state index contributed by atoms with van der Waals surface area (Å²) in [5.74, 6) is -5.43. The van der Waals surface area contributed by atoms with Gasteiger partial charge in [-0.25, -0.2) is 0 Å². The van der Waals surface area contributed by atoms with E-state index < -0.39 is 55.6 Å². The summed E-state index contributed by atoms with van der Waals surface area (Å²) in [7, 11) is 0. The molecule has 0 aliphatic heterocycles. The summed E-state index contributed by atoms with van der Waals surface area (Å²) >= 11 is 0. The molecule has 0 fully saturated rings. The predicted octanol–water partition coefficient (Wildman–Crippen LogP) is 1.54. The summed E-state index contributed by atoms with van der Waals surface area (Å²) in [6.45, 7) is 4.46. The molecule has 0 unspecified atom stereocenters. The molecule has 12 nitrogen and oxygen atoms in total. The Morgan fingerprint density at radius 2 is 0.605 bits per heavy atom. The number of hydrogen-bond donors (Lipinski definition) is 0. The van der Waals surface area contributed by atoms with Gasteiger partial charge >= 0.3 is 44.1 Å². The molecular weight excluding hydrogens is 761 g/mol. The molecule has 0 saturated heterocycles. The van der Waals surface area contributed by atoms with Gasteiger partial charge in [-0.1, -0.05) is 97.8 Å². The molecule has 0 heterocycles. The zero-order chi connectivity index (χ0) is 32.4. The fourth-order valence-corrected chi connectivity index (χ4v) is 3.25. The molecule has 248 valence electrons. The Kier molecular flexibility index (Phi) is 41.8. The predicted molar refractivity (Wildman–Crippen MR) is 154 cm³/mol. The van der Waals surface area contributed by atoms with Gasteiger partial charge in [-0.3, -0.25) is 14.4 Å². The average molecular weight is 813 g/mol. The third-order valence-electron chi connectivity index (χ3n) is 5.51. The van der Waals surface area contributed by atoms with Crippen molar-refractivity contribution in [2.24, 2.45) is 0 Å². The van der Waals surface area contributed by atoms with Crippen molar-refractivity contribution >= 4 is 62.0 Å². The molecule has 0 spiro atoms. The monoisotopic (exact) mass is 812 g/mol. The zero-order valence-corrected chi connectivity index (χ0v) is 29.7. The van der Waals surface area contributed by atoms with E-state index in [2.05, 4.69) is 35.0 Å². The topological polar surface area (TPSA) is 199 Å². The summed E-state index contributed by atoms with van der Waals surface area (Å²) in [5.41, 5.74) is 0. The van der Waals surface area contributed by atoms with Crippen LogP contribution in [0.15, 0.2) is 0 Å². The maximum absolute atomic E-state index is 10.9. The number of carbonyl (C=O) groups excluding carboxylic acids is 6. The maximum Gasteiger partial charge on any atom is 3.00 e. The van der Waals surface area contributed by atoms with Crippen LogP contribution in [0, 0.1) is 0 Å². The fraction of sp³-hybridized carbons (Fsp3) is 0.800. The van der Waals surface area contributed by atoms with Gasteiger partial charge in [0.05, 0.1) is 17.9 Å². The summed E-state index contributed by atoms with van der Waals surface area (Å²) in [6, 6.07) is 0. The van der Waals surface area contributed by atoms with Gasteiger partial charge in [0.2, 0.25) is 0 Å². The van der Waals surface area contributed by atoms with Crippen LogP contribution in [-0.2, 0) is 43.0 Å². The van der Waals surface area contributed by atoms with E-state index >= 15 is 0 Å². The zero-order valence-electron chi connectivity index (χ0n) is 26.2. The van der Waals surface area contributed by atoms with Crippen LogP contribution in [-0.4, -0.2) is 81.8 Å². The molecule has 0 aliphatic rings. The van der Waals surface area contributed by atoms with Crippen LogP contribution in [0.5, 0.6) is 0 Å².